The monoisotopic (exact) mass is 474 g/mol. The van der Waals surface area contributed by atoms with Gasteiger partial charge in [-0.25, -0.2) is 4.79 Å². The maximum atomic E-state index is 12.5. The highest BCUT2D eigenvalue weighted by Gasteiger charge is 2.14. The van der Waals surface area contributed by atoms with E-state index in [2.05, 4.69) is 10.6 Å². The van der Waals surface area contributed by atoms with Gasteiger partial charge in [-0.3, -0.25) is 4.79 Å². The van der Waals surface area contributed by atoms with Crippen LogP contribution in [0.5, 0.6) is 17.2 Å². The molecule has 1 aliphatic heterocycles. The number of rotatable bonds is 9. The van der Waals surface area contributed by atoms with Gasteiger partial charge < -0.3 is 24.8 Å². The molecule has 1 heterocycles. The number of carbonyl (C=O) groups excluding carboxylic acids is 2. The van der Waals surface area contributed by atoms with E-state index in [0.717, 1.165) is 24.3 Å². The van der Waals surface area contributed by atoms with E-state index < -0.39 is 5.97 Å². The summed E-state index contributed by atoms with van der Waals surface area (Å²) in [6, 6.07) is 22.1. The van der Waals surface area contributed by atoms with Gasteiger partial charge in [-0.1, -0.05) is 30.7 Å². The van der Waals surface area contributed by atoms with Gasteiger partial charge in [0.25, 0.3) is 0 Å². The molecule has 4 rings (SSSR count). The molecule has 0 aliphatic carbocycles. The first-order valence-corrected chi connectivity index (χ1v) is 11.8. The molecular formula is C28H30N2O5. The Morgan fingerprint density at radius 2 is 1.60 bits per heavy atom. The standard InChI is InChI=1S/C28H30N2O5/c1-33-28(32)25-7-2-3-8-26(25)30-27(31)18-20-9-11-23(12-10-20)35-24-15-13-22(14-16-24)34-19-21-6-4-5-17-29-21/h2-3,7-16,21,29H,4-6,17-19H2,1H3,(H,30,31). The van der Waals surface area contributed by atoms with Crippen molar-refractivity contribution in [3.63, 3.8) is 0 Å². The maximum absolute atomic E-state index is 12.5. The van der Waals surface area contributed by atoms with E-state index in [9.17, 15) is 9.59 Å². The Labute approximate surface area is 205 Å². The van der Waals surface area contributed by atoms with Crippen LogP contribution in [0.25, 0.3) is 0 Å². The van der Waals surface area contributed by atoms with Crippen LogP contribution in [-0.2, 0) is 16.0 Å². The fourth-order valence-electron chi connectivity index (χ4n) is 3.94. The summed E-state index contributed by atoms with van der Waals surface area (Å²) in [7, 11) is 1.31. The fourth-order valence-corrected chi connectivity index (χ4v) is 3.94. The molecule has 1 atom stereocenters. The van der Waals surface area contributed by atoms with Crippen LogP contribution >= 0.6 is 0 Å². The quantitative estimate of drug-likeness (QED) is 0.426. The Bertz CT molecular complexity index is 1120. The van der Waals surface area contributed by atoms with Crippen molar-refractivity contribution >= 4 is 17.6 Å². The van der Waals surface area contributed by atoms with Gasteiger partial charge in [-0.05, 0) is 73.5 Å². The van der Waals surface area contributed by atoms with Gasteiger partial charge in [0.2, 0.25) is 5.91 Å². The Kier molecular flexibility index (Phi) is 8.35. The first-order chi connectivity index (χ1) is 17.1. The van der Waals surface area contributed by atoms with Crippen molar-refractivity contribution in [3.05, 3.63) is 83.9 Å². The van der Waals surface area contributed by atoms with Gasteiger partial charge in [0.1, 0.15) is 23.9 Å². The topological polar surface area (TPSA) is 85.9 Å². The highest BCUT2D eigenvalue weighted by atomic mass is 16.5. The Morgan fingerprint density at radius 3 is 2.29 bits per heavy atom. The molecular weight excluding hydrogens is 444 g/mol. The van der Waals surface area contributed by atoms with Crippen LogP contribution in [-0.4, -0.2) is 38.2 Å². The number of ether oxygens (including phenoxy) is 3. The number of methoxy groups -OCH3 is 1. The molecule has 1 saturated heterocycles. The van der Waals surface area contributed by atoms with Gasteiger partial charge in [-0.15, -0.1) is 0 Å². The summed E-state index contributed by atoms with van der Waals surface area (Å²) in [5.74, 6) is 1.47. The lowest BCUT2D eigenvalue weighted by molar-refractivity contribution is -0.115. The molecule has 2 N–H and O–H groups in total. The number of esters is 1. The van der Waals surface area contributed by atoms with Crippen LogP contribution in [0.4, 0.5) is 5.69 Å². The van der Waals surface area contributed by atoms with Crippen LogP contribution in [0.3, 0.4) is 0 Å². The van der Waals surface area contributed by atoms with Crippen molar-refractivity contribution in [2.75, 3.05) is 25.6 Å². The van der Waals surface area contributed by atoms with Gasteiger partial charge in [0, 0.05) is 6.04 Å². The van der Waals surface area contributed by atoms with Crippen LogP contribution < -0.4 is 20.1 Å². The molecule has 0 aromatic heterocycles. The average Bonchev–Trinajstić information content (AvgIpc) is 2.90. The largest absolute Gasteiger partial charge is 0.492 e. The molecule has 182 valence electrons. The molecule has 0 radical (unpaired) electrons. The maximum Gasteiger partial charge on any atom is 0.339 e. The SMILES string of the molecule is COC(=O)c1ccccc1NC(=O)Cc1ccc(Oc2ccc(OCC3CCCCN3)cc2)cc1. The highest BCUT2D eigenvalue weighted by molar-refractivity contribution is 6.01. The number of carbonyl (C=O) groups is 2. The fraction of sp³-hybridized carbons (Fsp3) is 0.286. The summed E-state index contributed by atoms with van der Waals surface area (Å²) in [5, 5.41) is 6.26. The number of anilines is 1. The number of amides is 1. The molecule has 0 spiro atoms. The molecule has 3 aromatic carbocycles. The third-order valence-electron chi connectivity index (χ3n) is 5.82. The van der Waals surface area contributed by atoms with E-state index in [-0.39, 0.29) is 12.3 Å². The van der Waals surface area contributed by atoms with E-state index >= 15 is 0 Å². The first kappa shape index (κ1) is 24.3. The molecule has 1 fully saturated rings. The van der Waals surface area contributed by atoms with Gasteiger partial charge in [-0.2, -0.15) is 0 Å². The minimum absolute atomic E-state index is 0.164. The molecule has 7 nitrogen and oxygen atoms in total. The second-order valence-corrected chi connectivity index (χ2v) is 8.44. The molecule has 3 aromatic rings. The van der Waals surface area contributed by atoms with Crippen molar-refractivity contribution in [1.82, 2.24) is 5.32 Å². The van der Waals surface area contributed by atoms with Crippen LogP contribution in [0.15, 0.2) is 72.8 Å². The van der Waals surface area contributed by atoms with Crippen molar-refractivity contribution in [3.8, 4) is 17.2 Å². The van der Waals surface area contributed by atoms with Crippen LogP contribution in [0, 0.1) is 0 Å². The van der Waals surface area contributed by atoms with Crippen molar-refractivity contribution in [1.29, 1.82) is 0 Å². The number of piperidine rings is 1. The van der Waals surface area contributed by atoms with E-state index in [4.69, 9.17) is 14.2 Å². The molecule has 35 heavy (non-hydrogen) atoms. The zero-order chi connectivity index (χ0) is 24.5. The Morgan fingerprint density at radius 1 is 0.914 bits per heavy atom. The lowest BCUT2D eigenvalue weighted by Crippen LogP contribution is -2.38. The summed E-state index contributed by atoms with van der Waals surface area (Å²) in [4.78, 5) is 24.4. The normalized spacial score (nSPS) is 15.2. The Hall–Kier alpha value is -3.84. The van der Waals surface area contributed by atoms with Crippen molar-refractivity contribution < 1.29 is 23.8 Å². The first-order valence-electron chi connectivity index (χ1n) is 11.8. The lowest BCUT2D eigenvalue weighted by Gasteiger charge is -2.23. The molecule has 0 saturated carbocycles. The predicted molar refractivity (Wildman–Crippen MR) is 134 cm³/mol. The number of nitrogens with one attached hydrogen (secondary N) is 2. The van der Waals surface area contributed by atoms with E-state index in [0.29, 0.717) is 35.4 Å². The minimum Gasteiger partial charge on any atom is -0.492 e. The van der Waals surface area contributed by atoms with E-state index in [1.165, 1.54) is 20.0 Å². The Balaban J connectivity index is 1.27. The number of benzene rings is 3. The van der Waals surface area contributed by atoms with Gasteiger partial charge in [0.05, 0.1) is 24.8 Å². The van der Waals surface area contributed by atoms with Crippen molar-refractivity contribution in [2.24, 2.45) is 0 Å². The van der Waals surface area contributed by atoms with Crippen LogP contribution in [0.1, 0.15) is 35.2 Å². The number of para-hydroxylation sites is 1. The smallest absolute Gasteiger partial charge is 0.339 e. The number of hydrogen-bond donors (Lipinski definition) is 2. The summed E-state index contributed by atoms with van der Waals surface area (Å²) < 4.78 is 16.6. The second-order valence-electron chi connectivity index (χ2n) is 8.44. The lowest BCUT2D eigenvalue weighted by atomic mass is 10.1. The summed E-state index contributed by atoms with van der Waals surface area (Å²) in [5.41, 5.74) is 1.56. The van der Waals surface area contributed by atoms with Gasteiger partial charge in [0.15, 0.2) is 0 Å². The molecule has 1 amide bonds. The summed E-state index contributed by atoms with van der Waals surface area (Å²) in [6.07, 6.45) is 3.81. The third-order valence-corrected chi connectivity index (χ3v) is 5.82. The van der Waals surface area contributed by atoms with Crippen LogP contribution in [0.2, 0.25) is 0 Å². The zero-order valence-electron chi connectivity index (χ0n) is 19.8. The van der Waals surface area contributed by atoms with Crippen molar-refractivity contribution in [2.45, 2.75) is 31.7 Å². The van der Waals surface area contributed by atoms with E-state index in [1.807, 2.05) is 48.5 Å². The minimum atomic E-state index is -0.497. The molecule has 1 aliphatic rings. The third kappa shape index (κ3) is 7.07. The molecule has 7 heteroatoms. The number of hydrogen-bond acceptors (Lipinski definition) is 6. The predicted octanol–water partition coefficient (Wildman–Crippen LogP) is 4.97. The summed E-state index contributed by atoms with van der Waals surface area (Å²) in [6.45, 7) is 1.73. The zero-order valence-corrected chi connectivity index (χ0v) is 19.8. The second kappa shape index (κ2) is 12.0. The highest BCUT2D eigenvalue weighted by Crippen LogP contribution is 2.25. The average molecular weight is 475 g/mol. The molecule has 0 bridgehead atoms. The van der Waals surface area contributed by atoms with E-state index in [1.54, 1.807) is 24.3 Å². The molecule has 1 unspecified atom stereocenters. The summed E-state index contributed by atoms with van der Waals surface area (Å²) >= 11 is 0. The van der Waals surface area contributed by atoms with Gasteiger partial charge >= 0.3 is 5.97 Å².